The van der Waals surface area contributed by atoms with Gasteiger partial charge in [-0.05, 0) is 41.3 Å². The molecule has 0 aliphatic rings. The molecular weight excluding hydrogens is 380 g/mol. The maximum absolute atomic E-state index is 4.13. The molecule has 0 saturated heterocycles. The number of anilines is 1. The summed E-state index contributed by atoms with van der Waals surface area (Å²) in [5.74, 6) is 0. The van der Waals surface area contributed by atoms with Crippen LogP contribution in [0.15, 0.2) is 115 Å². The fourth-order valence-corrected chi connectivity index (χ4v) is 8.26. The van der Waals surface area contributed by atoms with Crippen molar-refractivity contribution in [2.75, 3.05) is 19.1 Å². The average Bonchev–Trinajstić information content (AvgIpc) is 2.80. The van der Waals surface area contributed by atoms with E-state index in [0.29, 0.717) is 0 Å². The highest BCUT2D eigenvalue weighted by atomic mass is 28.3. The molecular formula is C27H28N2Si. The van der Waals surface area contributed by atoms with Crippen LogP contribution in [0.4, 0.5) is 5.69 Å². The van der Waals surface area contributed by atoms with Gasteiger partial charge in [0.1, 0.15) is 0 Å². The molecule has 0 fully saturated rings. The lowest BCUT2D eigenvalue weighted by atomic mass is 10.2. The highest BCUT2D eigenvalue weighted by Crippen LogP contribution is 2.20. The summed E-state index contributed by atoms with van der Waals surface area (Å²) in [6.07, 6.45) is 0. The zero-order valence-electron chi connectivity index (χ0n) is 17.6. The normalized spacial score (nSPS) is 11.4. The maximum Gasteiger partial charge on any atom is 0.250 e. The van der Waals surface area contributed by atoms with E-state index >= 15 is 0 Å². The topological polar surface area (TPSA) is 15.3 Å². The summed E-state index contributed by atoms with van der Waals surface area (Å²) in [6.45, 7) is 0.895. The third-order valence-corrected chi connectivity index (χ3v) is 9.69. The van der Waals surface area contributed by atoms with Crippen molar-refractivity contribution in [3.8, 4) is 0 Å². The van der Waals surface area contributed by atoms with Crippen LogP contribution in [-0.2, 0) is 6.54 Å². The maximum atomic E-state index is 4.13. The van der Waals surface area contributed by atoms with Gasteiger partial charge in [0.2, 0.25) is 0 Å². The number of benzene rings is 4. The molecule has 4 aromatic rings. The number of nitrogens with zero attached hydrogens (tertiary/aromatic N) is 1. The molecule has 0 bridgehead atoms. The summed E-state index contributed by atoms with van der Waals surface area (Å²) in [6, 6.07) is 41.5. The van der Waals surface area contributed by atoms with Crippen LogP contribution >= 0.6 is 0 Å². The second-order valence-electron chi connectivity index (χ2n) is 7.87. The Balaban J connectivity index is 1.97. The first kappa shape index (κ1) is 20.1. The van der Waals surface area contributed by atoms with Crippen LogP contribution in [0.3, 0.4) is 0 Å². The lowest BCUT2D eigenvalue weighted by Gasteiger charge is -2.36. The molecule has 0 heterocycles. The monoisotopic (exact) mass is 408 g/mol. The van der Waals surface area contributed by atoms with Gasteiger partial charge in [-0.1, -0.05) is 109 Å². The summed E-state index contributed by atoms with van der Waals surface area (Å²) in [5.41, 5.74) is 2.51. The van der Waals surface area contributed by atoms with E-state index in [0.717, 1.165) is 6.54 Å². The van der Waals surface area contributed by atoms with E-state index in [9.17, 15) is 0 Å². The van der Waals surface area contributed by atoms with E-state index in [-0.39, 0.29) is 0 Å². The van der Waals surface area contributed by atoms with Gasteiger partial charge in [-0.25, -0.2) is 0 Å². The molecule has 0 radical (unpaired) electrons. The number of rotatable bonds is 7. The Morgan fingerprint density at radius 3 is 1.40 bits per heavy atom. The fraction of sp³-hybridized carbons (Fsp3) is 0.111. The van der Waals surface area contributed by atoms with E-state index in [1.807, 2.05) is 0 Å². The Kier molecular flexibility index (Phi) is 6.12. The predicted octanol–water partition coefficient (Wildman–Crippen LogP) is 3.83. The first-order valence-electron chi connectivity index (χ1n) is 10.4. The van der Waals surface area contributed by atoms with Crippen LogP contribution in [0, 0.1) is 0 Å². The molecule has 150 valence electrons. The molecule has 0 amide bonds. The van der Waals surface area contributed by atoms with Crippen LogP contribution in [0.25, 0.3) is 0 Å². The molecule has 4 aromatic carbocycles. The van der Waals surface area contributed by atoms with Gasteiger partial charge in [0.05, 0.1) is 0 Å². The minimum Gasteiger partial charge on any atom is -0.400 e. The number of hydrogen-bond acceptors (Lipinski definition) is 2. The molecule has 0 spiro atoms. The SMILES string of the molecule is CN(C)Cc1ccccc1N[Si](c1ccccc1)(c1ccccc1)c1ccccc1. The van der Waals surface area contributed by atoms with Crippen molar-refractivity contribution in [2.45, 2.75) is 6.54 Å². The van der Waals surface area contributed by atoms with Crippen molar-refractivity contribution in [1.29, 1.82) is 0 Å². The van der Waals surface area contributed by atoms with E-state index in [1.165, 1.54) is 26.8 Å². The lowest BCUT2D eigenvalue weighted by molar-refractivity contribution is 0.403. The van der Waals surface area contributed by atoms with Gasteiger partial charge in [0.25, 0.3) is 8.24 Å². The van der Waals surface area contributed by atoms with Crippen LogP contribution in [0.1, 0.15) is 5.56 Å². The van der Waals surface area contributed by atoms with E-state index in [1.54, 1.807) is 0 Å². The summed E-state index contributed by atoms with van der Waals surface area (Å²) in [4.78, 5) is 6.35. The van der Waals surface area contributed by atoms with Crippen LogP contribution in [-0.4, -0.2) is 27.2 Å². The summed E-state index contributed by atoms with van der Waals surface area (Å²) in [7, 11) is 1.72. The van der Waals surface area contributed by atoms with Crippen molar-refractivity contribution in [3.63, 3.8) is 0 Å². The van der Waals surface area contributed by atoms with Gasteiger partial charge in [0, 0.05) is 12.2 Å². The number of nitrogens with one attached hydrogen (secondary N) is 1. The smallest absolute Gasteiger partial charge is 0.250 e. The van der Waals surface area contributed by atoms with E-state index in [2.05, 4.69) is 139 Å². The molecule has 2 nitrogen and oxygen atoms in total. The molecule has 0 aromatic heterocycles. The molecule has 30 heavy (non-hydrogen) atoms. The van der Waals surface area contributed by atoms with Crippen molar-refractivity contribution < 1.29 is 0 Å². The summed E-state index contributed by atoms with van der Waals surface area (Å²) in [5, 5.41) is 4.05. The molecule has 0 atom stereocenters. The van der Waals surface area contributed by atoms with Gasteiger partial charge in [-0.3, -0.25) is 0 Å². The Hall–Kier alpha value is -3.14. The molecule has 1 N–H and O–H groups in total. The molecule has 4 rings (SSSR count). The van der Waals surface area contributed by atoms with Gasteiger partial charge in [-0.2, -0.15) is 0 Å². The van der Waals surface area contributed by atoms with Gasteiger partial charge < -0.3 is 9.88 Å². The zero-order chi connectivity index (χ0) is 20.8. The largest absolute Gasteiger partial charge is 0.400 e. The highest BCUT2D eigenvalue weighted by Gasteiger charge is 2.40. The van der Waals surface area contributed by atoms with Crippen LogP contribution in [0.5, 0.6) is 0 Å². The van der Waals surface area contributed by atoms with E-state index in [4.69, 9.17) is 0 Å². The second kappa shape index (κ2) is 9.12. The molecule has 0 aliphatic carbocycles. The quantitative estimate of drug-likeness (QED) is 0.369. The molecule has 0 unspecified atom stereocenters. The molecule has 0 saturated carbocycles. The molecule has 0 aliphatic heterocycles. The first-order chi connectivity index (χ1) is 14.7. The van der Waals surface area contributed by atoms with Gasteiger partial charge >= 0.3 is 0 Å². The predicted molar refractivity (Wildman–Crippen MR) is 131 cm³/mol. The zero-order valence-corrected chi connectivity index (χ0v) is 18.6. The summed E-state index contributed by atoms with van der Waals surface area (Å²) < 4.78 is 0. The fourth-order valence-electron chi connectivity index (χ4n) is 4.10. The minimum absolute atomic E-state index is 0.895. The number of hydrogen-bond donors (Lipinski definition) is 1. The lowest BCUT2D eigenvalue weighted by Crippen LogP contribution is -2.72. The Bertz CT molecular complexity index is 967. The Labute approximate surface area is 180 Å². The van der Waals surface area contributed by atoms with Gasteiger partial charge in [-0.15, -0.1) is 0 Å². The average molecular weight is 409 g/mol. The van der Waals surface area contributed by atoms with Crippen LogP contribution < -0.4 is 20.5 Å². The third-order valence-electron chi connectivity index (χ3n) is 5.45. The molecule has 3 heteroatoms. The van der Waals surface area contributed by atoms with E-state index < -0.39 is 8.24 Å². The van der Waals surface area contributed by atoms with Crippen molar-refractivity contribution in [2.24, 2.45) is 0 Å². The Morgan fingerprint density at radius 2 is 0.967 bits per heavy atom. The van der Waals surface area contributed by atoms with Gasteiger partial charge in [0.15, 0.2) is 0 Å². The number of para-hydroxylation sites is 1. The minimum atomic E-state index is -2.52. The van der Waals surface area contributed by atoms with Crippen molar-refractivity contribution in [1.82, 2.24) is 4.90 Å². The Morgan fingerprint density at radius 1 is 0.567 bits per heavy atom. The highest BCUT2D eigenvalue weighted by molar-refractivity contribution is 7.13. The third kappa shape index (κ3) is 4.08. The summed E-state index contributed by atoms with van der Waals surface area (Å²) >= 11 is 0. The van der Waals surface area contributed by atoms with Crippen LogP contribution in [0.2, 0.25) is 0 Å². The standard InChI is InChI=1S/C27H28N2Si/c1-29(2)22-23-14-12-13-21-27(23)28-30(24-15-6-3-7-16-24,25-17-8-4-9-18-25)26-19-10-5-11-20-26/h3-21,28H,22H2,1-2H3. The second-order valence-corrected chi connectivity index (χ2v) is 11.4. The van der Waals surface area contributed by atoms with Crippen molar-refractivity contribution >= 4 is 29.5 Å². The first-order valence-corrected chi connectivity index (χ1v) is 12.4. The van der Waals surface area contributed by atoms with Crippen molar-refractivity contribution in [3.05, 3.63) is 121 Å².